The van der Waals surface area contributed by atoms with Crippen molar-refractivity contribution in [2.45, 2.75) is 12.4 Å². The van der Waals surface area contributed by atoms with Gasteiger partial charge in [-0.1, -0.05) is 18.2 Å². The van der Waals surface area contributed by atoms with Gasteiger partial charge >= 0.3 is 6.36 Å². The Kier molecular flexibility index (Phi) is 6.71. The zero-order chi connectivity index (χ0) is 26.9. The molecule has 0 spiro atoms. The van der Waals surface area contributed by atoms with Crippen LogP contribution in [0.3, 0.4) is 0 Å². The summed E-state index contributed by atoms with van der Waals surface area (Å²) in [6.45, 7) is 0. The highest BCUT2D eigenvalue weighted by Gasteiger charge is 2.47. The van der Waals surface area contributed by atoms with Gasteiger partial charge in [-0.3, -0.25) is 14.5 Å². The maximum atomic E-state index is 13.3. The summed E-state index contributed by atoms with van der Waals surface area (Å²) >= 11 is 0. The molecule has 1 unspecified atom stereocenters. The van der Waals surface area contributed by atoms with E-state index in [1.54, 1.807) is 0 Å². The number of amides is 1. The second kappa shape index (κ2) is 9.76. The summed E-state index contributed by atoms with van der Waals surface area (Å²) in [6.07, 6.45) is -4.98. The van der Waals surface area contributed by atoms with E-state index in [2.05, 4.69) is 4.74 Å². The minimum absolute atomic E-state index is 0.0809. The molecule has 1 aliphatic rings. The van der Waals surface area contributed by atoms with Crippen molar-refractivity contribution in [2.75, 3.05) is 19.1 Å². The molecular formula is C26H20F3NO7. The minimum Gasteiger partial charge on any atom is -0.508 e. The van der Waals surface area contributed by atoms with Crippen molar-refractivity contribution in [2.24, 2.45) is 0 Å². The first kappa shape index (κ1) is 25.4. The van der Waals surface area contributed by atoms with Gasteiger partial charge in [0.05, 0.1) is 31.4 Å². The number of aromatic hydroxyl groups is 1. The Morgan fingerprint density at radius 1 is 0.919 bits per heavy atom. The number of hydrogen-bond acceptors (Lipinski definition) is 7. The number of alkyl halides is 3. The van der Waals surface area contributed by atoms with Crippen molar-refractivity contribution in [1.82, 2.24) is 0 Å². The normalized spacial score (nSPS) is 17.1. The van der Waals surface area contributed by atoms with Gasteiger partial charge in [-0.25, -0.2) is 0 Å². The average molecular weight is 515 g/mol. The number of rotatable bonds is 6. The van der Waals surface area contributed by atoms with Gasteiger partial charge in [-0.15, -0.1) is 13.2 Å². The first-order chi connectivity index (χ1) is 17.5. The van der Waals surface area contributed by atoms with Crippen molar-refractivity contribution < 1.29 is 47.2 Å². The molecule has 1 saturated heterocycles. The predicted molar refractivity (Wildman–Crippen MR) is 126 cm³/mol. The number of phenolic OH excluding ortho intramolecular Hbond substituents is 1. The Hall–Kier alpha value is -4.67. The molecule has 4 rings (SSSR count). The van der Waals surface area contributed by atoms with Crippen LogP contribution in [0.4, 0.5) is 18.9 Å². The number of aliphatic hydroxyl groups excluding tert-OH is 1. The number of phenols is 1. The lowest BCUT2D eigenvalue weighted by atomic mass is 9.94. The van der Waals surface area contributed by atoms with Gasteiger partial charge in [0.15, 0.2) is 0 Å². The molecule has 1 amide bonds. The summed E-state index contributed by atoms with van der Waals surface area (Å²) in [5, 5.41) is 21.0. The van der Waals surface area contributed by atoms with Gasteiger partial charge in [0, 0.05) is 17.8 Å². The minimum atomic E-state index is -4.98. The number of nitrogens with zero attached hydrogens (tertiary/aromatic N) is 1. The van der Waals surface area contributed by atoms with E-state index in [1.165, 1.54) is 68.8 Å². The van der Waals surface area contributed by atoms with Crippen LogP contribution in [0.5, 0.6) is 23.0 Å². The quantitative estimate of drug-likeness (QED) is 0.272. The van der Waals surface area contributed by atoms with Crippen LogP contribution in [0.25, 0.3) is 5.76 Å². The molecule has 0 aromatic heterocycles. The number of halogens is 3. The Morgan fingerprint density at radius 2 is 1.62 bits per heavy atom. The smallest absolute Gasteiger partial charge is 0.508 e. The summed E-state index contributed by atoms with van der Waals surface area (Å²) in [5.41, 5.74) is -0.0311. The monoisotopic (exact) mass is 515 g/mol. The van der Waals surface area contributed by atoms with E-state index >= 15 is 0 Å². The predicted octanol–water partition coefficient (Wildman–Crippen LogP) is 4.93. The fourth-order valence-corrected chi connectivity index (χ4v) is 4.04. The molecule has 0 bridgehead atoms. The van der Waals surface area contributed by atoms with Crippen LogP contribution in [0.15, 0.2) is 72.3 Å². The first-order valence-corrected chi connectivity index (χ1v) is 10.7. The van der Waals surface area contributed by atoms with E-state index < -0.39 is 35.6 Å². The van der Waals surface area contributed by atoms with Crippen LogP contribution < -0.4 is 19.1 Å². The summed E-state index contributed by atoms with van der Waals surface area (Å²) in [6, 6.07) is 13.2. The van der Waals surface area contributed by atoms with Crippen LogP contribution in [-0.4, -0.2) is 42.5 Å². The Balaban J connectivity index is 1.92. The van der Waals surface area contributed by atoms with Crippen molar-refractivity contribution >= 4 is 23.1 Å². The number of ether oxygens (including phenoxy) is 3. The summed E-state index contributed by atoms with van der Waals surface area (Å²) in [7, 11) is 2.77. The number of anilines is 1. The van der Waals surface area contributed by atoms with Crippen LogP contribution in [0, 0.1) is 0 Å². The van der Waals surface area contributed by atoms with Crippen molar-refractivity contribution in [3.63, 3.8) is 0 Å². The number of carbonyl (C=O) groups excluding carboxylic acids is 2. The molecule has 3 aromatic rings. The van der Waals surface area contributed by atoms with Gasteiger partial charge < -0.3 is 24.4 Å². The zero-order valence-corrected chi connectivity index (χ0v) is 19.4. The second-order valence-corrected chi connectivity index (χ2v) is 7.87. The second-order valence-electron chi connectivity index (χ2n) is 7.87. The number of benzene rings is 3. The van der Waals surface area contributed by atoms with Crippen molar-refractivity contribution in [1.29, 1.82) is 0 Å². The number of hydrogen-bond donors (Lipinski definition) is 2. The fraction of sp³-hybridized carbons (Fsp3) is 0.154. The Morgan fingerprint density at radius 3 is 2.24 bits per heavy atom. The molecule has 8 nitrogen and oxygen atoms in total. The molecule has 1 heterocycles. The van der Waals surface area contributed by atoms with Gasteiger partial charge in [-0.2, -0.15) is 0 Å². The highest BCUT2D eigenvalue weighted by molar-refractivity contribution is 6.51. The Labute approximate surface area is 208 Å². The molecule has 1 fully saturated rings. The third-order valence-corrected chi connectivity index (χ3v) is 5.65. The molecule has 37 heavy (non-hydrogen) atoms. The first-order valence-electron chi connectivity index (χ1n) is 10.7. The lowest BCUT2D eigenvalue weighted by Crippen LogP contribution is -2.29. The maximum Gasteiger partial charge on any atom is 0.573 e. The third kappa shape index (κ3) is 5.01. The van der Waals surface area contributed by atoms with E-state index in [0.717, 1.165) is 17.0 Å². The standard InChI is InChI=1S/C26H20F3NO7/c1-35-17-10-11-19(20(13-17)36-2)23(32)21-22(14-6-8-16(31)9-7-14)30(25(34)24(21)33)15-4-3-5-18(12-15)37-26(27,28)29/h3-13,22,31-32H,1-2H3/b23-21-. The number of ketones is 1. The third-order valence-electron chi connectivity index (χ3n) is 5.65. The van der Waals surface area contributed by atoms with Gasteiger partial charge in [-0.05, 0) is 42.0 Å². The van der Waals surface area contributed by atoms with Crippen LogP contribution in [0.1, 0.15) is 17.2 Å². The fourth-order valence-electron chi connectivity index (χ4n) is 4.04. The van der Waals surface area contributed by atoms with E-state index in [0.29, 0.717) is 11.3 Å². The summed E-state index contributed by atoms with van der Waals surface area (Å²) in [5.74, 6) is -2.88. The lowest BCUT2D eigenvalue weighted by molar-refractivity contribution is -0.274. The van der Waals surface area contributed by atoms with E-state index in [4.69, 9.17) is 9.47 Å². The lowest BCUT2D eigenvalue weighted by Gasteiger charge is -2.26. The number of aliphatic hydroxyl groups is 1. The topological polar surface area (TPSA) is 106 Å². The van der Waals surface area contributed by atoms with Gasteiger partial charge in [0.1, 0.15) is 28.8 Å². The van der Waals surface area contributed by atoms with Gasteiger partial charge in [0.25, 0.3) is 11.7 Å². The van der Waals surface area contributed by atoms with Crippen LogP contribution in [0.2, 0.25) is 0 Å². The van der Waals surface area contributed by atoms with Gasteiger partial charge in [0.2, 0.25) is 0 Å². The molecule has 0 aliphatic carbocycles. The molecule has 2 N–H and O–H groups in total. The molecule has 1 atom stereocenters. The molecule has 0 saturated carbocycles. The zero-order valence-electron chi connectivity index (χ0n) is 19.4. The molecular weight excluding hydrogens is 495 g/mol. The molecule has 1 aliphatic heterocycles. The van der Waals surface area contributed by atoms with E-state index in [1.807, 2.05) is 0 Å². The molecule has 0 radical (unpaired) electrons. The highest BCUT2D eigenvalue weighted by atomic mass is 19.4. The largest absolute Gasteiger partial charge is 0.573 e. The molecule has 11 heteroatoms. The maximum absolute atomic E-state index is 13.3. The van der Waals surface area contributed by atoms with Crippen LogP contribution in [-0.2, 0) is 9.59 Å². The number of Topliss-reactive ketones (excluding diaryl/α,β-unsaturated/α-hetero) is 1. The van der Waals surface area contributed by atoms with Crippen molar-refractivity contribution in [3.05, 3.63) is 83.4 Å². The SMILES string of the molecule is COc1ccc(/C(O)=C2/C(=O)C(=O)N(c3cccc(OC(F)(F)F)c3)C2c2ccc(O)cc2)c(OC)c1. The number of methoxy groups -OCH3 is 2. The number of carbonyl (C=O) groups is 2. The van der Waals surface area contributed by atoms with Crippen LogP contribution >= 0.6 is 0 Å². The van der Waals surface area contributed by atoms with E-state index in [9.17, 15) is 33.0 Å². The molecule has 192 valence electrons. The molecule has 3 aromatic carbocycles. The Bertz CT molecular complexity index is 1380. The average Bonchev–Trinajstić information content (AvgIpc) is 3.13. The van der Waals surface area contributed by atoms with Crippen molar-refractivity contribution in [3.8, 4) is 23.0 Å². The summed E-state index contributed by atoms with van der Waals surface area (Å²) < 4.78 is 52.9. The summed E-state index contributed by atoms with van der Waals surface area (Å²) in [4.78, 5) is 27.4. The van der Waals surface area contributed by atoms with E-state index in [-0.39, 0.29) is 28.3 Å². The highest BCUT2D eigenvalue weighted by Crippen LogP contribution is 2.44.